The van der Waals surface area contributed by atoms with Gasteiger partial charge in [0, 0.05) is 16.2 Å². The predicted octanol–water partition coefficient (Wildman–Crippen LogP) is 4.39. The van der Waals surface area contributed by atoms with Crippen LogP contribution in [-0.4, -0.2) is 17.4 Å². The largest absolute Gasteiger partial charge is 0.477 e. The van der Waals surface area contributed by atoms with Crippen molar-refractivity contribution in [3.8, 4) is 5.75 Å². The van der Waals surface area contributed by atoms with Gasteiger partial charge in [-0.3, -0.25) is 14.9 Å². The molecule has 0 radical (unpaired) electrons. The van der Waals surface area contributed by atoms with E-state index in [2.05, 4.69) is 21.2 Å². The number of nitrogens with zero attached hydrogens (tertiary/aromatic N) is 1. The summed E-state index contributed by atoms with van der Waals surface area (Å²) in [5.41, 5.74) is -1.58. The van der Waals surface area contributed by atoms with Crippen LogP contribution in [-0.2, 0) is 11.0 Å². The minimum absolute atomic E-state index is 0.363. The Bertz CT molecular complexity index is 812. The Morgan fingerprint density at radius 1 is 1.24 bits per heavy atom. The summed E-state index contributed by atoms with van der Waals surface area (Å²) < 4.78 is 43.6. The number of anilines is 1. The lowest BCUT2D eigenvalue weighted by atomic mass is 10.2. The molecular weight excluding hydrogens is 409 g/mol. The third-order valence-electron chi connectivity index (χ3n) is 2.95. The summed E-state index contributed by atoms with van der Waals surface area (Å²) in [5, 5.41) is 13.4. The Hall–Kier alpha value is -2.62. The number of hydrogen-bond donors (Lipinski definition) is 1. The minimum atomic E-state index is -4.72. The van der Waals surface area contributed by atoms with Gasteiger partial charge in [0.25, 0.3) is 5.91 Å². The second-order valence-corrected chi connectivity index (χ2v) is 5.70. The molecule has 0 fully saturated rings. The van der Waals surface area contributed by atoms with Gasteiger partial charge >= 0.3 is 11.9 Å². The maximum absolute atomic E-state index is 12.6. The second-order valence-electron chi connectivity index (χ2n) is 4.78. The van der Waals surface area contributed by atoms with Crippen LogP contribution in [0, 0.1) is 10.1 Å². The molecule has 1 amide bonds. The third-order valence-corrected chi connectivity index (χ3v) is 3.44. The summed E-state index contributed by atoms with van der Waals surface area (Å²) >= 11 is 3.23. The summed E-state index contributed by atoms with van der Waals surface area (Å²) in [6.07, 6.45) is -4.72. The van der Waals surface area contributed by atoms with Gasteiger partial charge in [0.05, 0.1) is 10.5 Å². The molecule has 0 atom stereocenters. The zero-order valence-corrected chi connectivity index (χ0v) is 13.9. The topological polar surface area (TPSA) is 81.5 Å². The van der Waals surface area contributed by atoms with E-state index in [-0.39, 0.29) is 0 Å². The SMILES string of the molecule is O=C(COc1ccc(C(F)(F)F)cc1[N+](=O)[O-])Nc1cccc(Br)c1. The molecule has 6 nitrogen and oxygen atoms in total. The lowest BCUT2D eigenvalue weighted by Gasteiger charge is -2.10. The number of nitro groups is 1. The summed E-state index contributed by atoms with van der Waals surface area (Å²) in [7, 11) is 0. The van der Waals surface area contributed by atoms with Crippen LogP contribution >= 0.6 is 15.9 Å². The van der Waals surface area contributed by atoms with E-state index in [0.29, 0.717) is 17.8 Å². The molecular formula is C15H10BrF3N2O4. The molecule has 10 heteroatoms. The summed E-state index contributed by atoms with van der Waals surface area (Å²) in [6.45, 7) is -0.598. The number of rotatable bonds is 5. The fourth-order valence-corrected chi connectivity index (χ4v) is 2.26. The number of amides is 1. The van der Waals surface area contributed by atoms with Crippen molar-refractivity contribution >= 4 is 33.2 Å². The fraction of sp³-hybridized carbons (Fsp3) is 0.133. The molecule has 0 aliphatic heterocycles. The normalized spacial score (nSPS) is 11.0. The quantitative estimate of drug-likeness (QED) is 0.576. The molecule has 0 saturated carbocycles. The molecule has 1 N–H and O–H groups in total. The first-order valence-electron chi connectivity index (χ1n) is 6.70. The lowest BCUT2D eigenvalue weighted by molar-refractivity contribution is -0.386. The number of carbonyl (C=O) groups excluding carboxylic acids is 1. The van der Waals surface area contributed by atoms with Gasteiger partial charge in [-0.05, 0) is 30.3 Å². The van der Waals surface area contributed by atoms with Crippen molar-refractivity contribution in [2.24, 2.45) is 0 Å². The average Bonchev–Trinajstić information content (AvgIpc) is 2.51. The molecule has 0 unspecified atom stereocenters. The highest BCUT2D eigenvalue weighted by Crippen LogP contribution is 2.36. The predicted molar refractivity (Wildman–Crippen MR) is 86.4 cm³/mol. The van der Waals surface area contributed by atoms with Gasteiger partial charge in [-0.2, -0.15) is 13.2 Å². The molecule has 0 heterocycles. The van der Waals surface area contributed by atoms with E-state index >= 15 is 0 Å². The van der Waals surface area contributed by atoms with Crippen LogP contribution in [0.15, 0.2) is 46.9 Å². The number of benzene rings is 2. The van der Waals surface area contributed by atoms with Crippen LogP contribution in [0.1, 0.15) is 5.56 Å². The van der Waals surface area contributed by atoms with Gasteiger partial charge in [0.15, 0.2) is 12.4 Å². The fourth-order valence-electron chi connectivity index (χ4n) is 1.87. The first-order chi connectivity index (χ1) is 11.7. The number of alkyl halides is 3. The van der Waals surface area contributed by atoms with Crippen molar-refractivity contribution in [3.05, 3.63) is 62.6 Å². The Kier molecular flexibility index (Phi) is 5.62. The van der Waals surface area contributed by atoms with E-state index < -0.39 is 40.6 Å². The van der Waals surface area contributed by atoms with Crippen molar-refractivity contribution in [3.63, 3.8) is 0 Å². The van der Waals surface area contributed by atoms with E-state index in [1.54, 1.807) is 24.3 Å². The number of ether oxygens (including phenoxy) is 1. The van der Waals surface area contributed by atoms with Crippen molar-refractivity contribution in [1.29, 1.82) is 0 Å². The van der Waals surface area contributed by atoms with Gasteiger partial charge in [-0.15, -0.1) is 0 Å². The van der Waals surface area contributed by atoms with E-state index in [1.807, 2.05) is 0 Å². The number of carbonyl (C=O) groups is 1. The molecule has 0 aliphatic carbocycles. The number of hydrogen-bond acceptors (Lipinski definition) is 4. The molecule has 2 aromatic rings. The van der Waals surface area contributed by atoms with Crippen LogP contribution in [0.5, 0.6) is 5.75 Å². The molecule has 132 valence electrons. The van der Waals surface area contributed by atoms with Crippen LogP contribution in [0.2, 0.25) is 0 Å². The van der Waals surface area contributed by atoms with Crippen LogP contribution in [0.3, 0.4) is 0 Å². The third kappa shape index (κ3) is 5.18. The smallest absolute Gasteiger partial charge is 0.416 e. The zero-order chi connectivity index (χ0) is 18.6. The van der Waals surface area contributed by atoms with Crippen molar-refractivity contribution in [2.75, 3.05) is 11.9 Å². The highest BCUT2D eigenvalue weighted by Gasteiger charge is 2.33. The molecule has 0 aliphatic rings. The molecule has 2 aromatic carbocycles. The van der Waals surface area contributed by atoms with Crippen molar-refractivity contribution in [2.45, 2.75) is 6.18 Å². The zero-order valence-electron chi connectivity index (χ0n) is 12.3. The molecule has 0 bridgehead atoms. The van der Waals surface area contributed by atoms with E-state index in [9.17, 15) is 28.1 Å². The molecule has 2 rings (SSSR count). The van der Waals surface area contributed by atoms with Gasteiger partial charge in [0.1, 0.15) is 0 Å². The Labute approximate surface area is 147 Å². The van der Waals surface area contributed by atoms with E-state index in [1.165, 1.54) is 0 Å². The van der Waals surface area contributed by atoms with Crippen molar-refractivity contribution in [1.82, 2.24) is 0 Å². The molecule has 0 aromatic heterocycles. The lowest BCUT2D eigenvalue weighted by Crippen LogP contribution is -2.20. The average molecular weight is 419 g/mol. The maximum atomic E-state index is 12.6. The van der Waals surface area contributed by atoms with Crippen LogP contribution in [0.4, 0.5) is 24.5 Å². The minimum Gasteiger partial charge on any atom is -0.477 e. The van der Waals surface area contributed by atoms with E-state index in [4.69, 9.17) is 4.74 Å². The highest BCUT2D eigenvalue weighted by atomic mass is 79.9. The van der Waals surface area contributed by atoms with Gasteiger partial charge in [-0.1, -0.05) is 22.0 Å². The van der Waals surface area contributed by atoms with Gasteiger partial charge in [0.2, 0.25) is 0 Å². The van der Waals surface area contributed by atoms with Gasteiger partial charge < -0.3 is 10.1 Å². The number of halogens is 4. The number of nitro benzene ring substituents is 1. The standard InChI is InChI=1S/C15H10BrF3N2O4/c16-10-2-1-3-11(7-10)20-14(22)8-25-13-5-4-9(15(17,18)19)6-12(13)21(23)24/h1-7H,8H2,(H,20,22). The Morgan fingerprint density at radius 2 is 1.96 bits per heavy atom. The summed E-state index contributed by atoms with van der Waals surface area (Å²) in [4.78, 5) is 21.7. The first kappa shape index (κ1) is 18.7. The maximum Gasteiger partial charge on any atom is 0.416 e. The monoisotopic (exact) mass is 418 g/mol. The molecule has 0 saturated heterocycles. The Morgan fingerprint density at radius 3 is 2.56 bits per heavy atom. The molecule has 25 heavy (non-hydrogen) atoms. The van der Waals surface area contributed by atoms with Crippen LogP contribution in [0.25, 0.3) is 0 Å². The second kappa shape index (κ2) is 7.51. The molecule has 0 spiro atoms. The van der Waals surface area contributed by atoms with Crippen LogP contribution < -0.4 is 10.1 Å². The van der Waals surface area contributed by atoms with Gasteiger partial charge in [-0.25, -0.2) is 0 Å². The van der Waals surface area contributed by atoms with Crippen molar-refractivity contribution < 1.29 is 27.6 Å². The number of nitrogens with one attached hydrogen (secondary N) is 1. The first-order valence-corrected chi connectivity index (χ1v) is 7.50. The van der Waals surface area contributed by atoms with E-state index in [0.717, 1.165) is 10.5 Å². The summed E-state index contributed by atoms with van der Waals surface area (Å²) in [6, 6.07) is 8.49. The Balaban J connectivity index is 2.09. The highest BCUT2D eigenvalue weighted by molar-refractivity contribution is 9.10. The summed E-state index contributed by atoms with van der Waals surface area (Å²) in [5.74, 6) is -1.05.